The van der Waals surface area contributed by atoms with Crippen LogP contribution in [0.4, 0.5) is 0 Å². The van der Waals surface area contributed by atoms with E-state index < -0.39 is 0 Å². The third-order valence-corrected chi connectivity index (χ3v) is 4.23. The summed E-state index contributed by atoms with van der Waals surface area (Å²) in [5.41, 5.74) is 4.06. The molecule has 22 heavy (non-hydrogen) atoms. The Morgan fingerprint density at radius 1 is 1.32 bits per heavy atom. The minimum atomic E-state index is -0.0113. The van der Waals surface area contributed by atoms with Crippen LogP contribution in [-0.4, -0.2) is 17.6 Å². The van der Waals surface area contributed by atoms with Crippen LogP contribution >= 0.6 is 0 Å². The van der Waals surface area contributed by atoms with E-state index in [1.165, 1.54) is 18.5 Å². The number of hydrogen-bond acceptors (Lipinski definition) is 2. The minimum Gasteiger partial charge on any atom is -0.497 e. The molecule has 4 heteroatoms. The quantitative estimate of drug-likeness (QED) is 0.919. The van der Waals surface area contributed by atoms with Gasteiger partial charge >= 0.3 is 0 Å². The Kier molecular flexibility index (Phi) is 3.92. The number of methoxy groups -OCH3 is 1. The summed E-state index contributed by atoms with van der Waals surface area (Å²) >= 11 is 0. The van der Waals surface area contributed by atoms with E-state index in [2.05, 4.69) is 16.8 Å². The van der Waals surface area contributed by atoms with Crippen molar-refractivity contribution in [2.45, 2.75) is 39.3 Å². The average molecular weight is 298 g/mol. The second kappa shape index (κ2) is 5.87. The monoisotopic (exact) mass is 298 g/mol. The second-order valence-electron chi connectivity index (χ2n) is 5.92. The molecule has 1 N–H and O–H groups in total. The summed E-state index contributed by atoms with van der Waals surface area (Å²) in [7, 11) is 1.64. The van der Waals surface area contributed by atoms with Crippen LogP contribution < -0.4 is 10.1 Å². The number of amides is 1. The van der Waals surface area contributed by atoms with E-state index in [-0.39, 0.29) is 5.91 Å². The lowest BCUT2D eigenvalue weighted by Gasteiger charge is -2.09. The van der Waals surface area contributed by atoms with E-state index in [4.69, 9.17) is 4.74 Å². The zero-order valence-corrected chi connectivity index (χ0v) is 13.3. The Morgan fingerprint density at radius 2 is 2.09 bits per heavy atom. The van der Waals surface area contributed by atoms with Crippen LogP contribution in [0.15, 0.2) is 30.3 Å². The lowest BCUT2D eigenvalue weighted by atomic mass is 10.2. The van der Waals surface area contributed by atoms with Crippen molar-refractivity contribution in [3.05, 3.63) is 52.8 Å². The van der Waals surface area contributed by atoms with Crippen molar-refractivity contribution in [3.63, 3.8) is 0 Å². The molecule has 2 aromatic rings. The molecule has 3 rings (SSSR count). The van der Waals surface area contributed by atoms with E-state index in [0.717, 1.165) is 22.6 Å². The van der Waals surface area contributed by atoms with Gasteiger partial charge in [0.15, 0.2) is 0 Å². The number of hydrogen-bond donors (Lipinski definition) is 1. The molecular formula is C18H22N2O2. The number of nitrogens with zero attached hydrogens (tertiary/aromatic N) is 1. The van der Waals surface area contributed by atoms with Crippen molar-refractivity contribution in [2.24, 2.45) is 0 Å². The number of aromatic nitrogens is 1. The molecule has 0 bridgehead atoms. The van der Waals surface area contributed by atoms with Crippen molar-refractivity contribution >= 4 is 5.91 Å². The standard InChI is InChI=1S/C18H22N2O2/c1-12-9-17(13(2)20(12)15-7-8-15)18(21)19-11-14-5-4-6-16(10-14)22-3/h4-6,9-10,15H,7-8,11H2,1-3H3,(H,19,21). The zero-order chi connectivity index (χ0) is 15.7. The highest BCUT2D eigenvalue weighted by atomic mass is 16.5. The second-order valence-corrected chi connectivity index (χ2v) is 5.92. The van der Waals surface area contributed by atoms with E-state index in [1.807, 2.05) is 37.3 Å². The highest BCUT2D eigenvalue weighted by molar-refractivity contribution is 5.95. The molecule has 1 aromatic carbocycles. The molecule has 1 amide bonds. The minimum absolute atomic E-state index is 0.0113. The Morgan fingerprint density at radius 3 is 2.77 bits per heavy atom. The summed E-state index contributed by atoms with van der Waals surface area (Å²) in [6.45, 7) is 4.61. The molecule has 0 aliphatic heterocycles. The maximum absolute atomic E-state index is 12.4. The van der Waals surface area contributed by atoms with Gasteiger partial charge in [-0.15, -0.1) is 0 Å². The molecule has 1 aliphatic rings. The number of ether oxygens (including phenoxy) is 1. The molecule has 0 radical (unpaired) electrons. The summed E-state index contributed by atoms with van der Waals surface area (Å²) in [4.78, 5) is 12.4. The number of nitrogens with one attached hydrogen (secondary N) is 1. The van der Waals surface area contributed by atoms with Gasteiger partial charge < -0.3 is 14.6 Å². The highest BCUT2D eigenvalue weighted by Gasteiger charge is 2.28. The predicted octanol–water partition coefficient (Wildman–Crippen LogP) is 3.38. The molecule has 4 nitrogen and oxygen atoms in total. The number of rotatable bonds is 5. The largest absolute Gasteiger partial charge is 0.497 e. The molecule has 1 heterocycles. The molecule has 1 aromatic heterocycles. The van der Waals surface area contributed by atoms with Crippen molar-refractivity contribution in [1.82, 2.24) is 9.88 Å². The maximum atomic E-state index is 12.4. The van der Waals surface area contributed by atoms with E-state index in [0.29, 0.717) is 12.6 Å². The average Bonchev–Trinajstić information content (AvgIpc) is 3.30. The number of benzene rings is 1. The van der Waals surface area contributed by atoms with Crippen LogP contribution in [-0.2, 0) is 6.54 Å². The van der Waals surface area contributed by atoms with Gasteiger partial charge in [0.2, 0.25) is 0 Å². The number of carbonyl (C=O) groups is 1. The topological polar surface area (TPSA) is 43.3 Å². The van der Waals surface area contributed by atoms with Gasteiger partial charge in [-0.1, -0.05) is 12.1 Å². The third-order valence-electron chi connectivity index (χ3n) is 4.23. The van der Waals surface area contributed by atoms with Crippen LogP contribution in [0.1, 0.15) is 46.2 Å². The fraction of sp³-hybridized carbons (Fsp3) is 0.389. The Balaban J connectivity index is 1.70. The fourth-order valence-corrected chi connectivity index (χ4v) is 2.96. The first-order valence-corrected chi connectivity index (χ1v) is 7.69. The summed E-state index contributed by atoms with van der Waals surface area (Å²) < 4.78 is 7.49. The summed E-state index contributed by atoms with van der Waals surface area (Å²) in [5.74, 6) is 0.793. The Hall–Kier alpha value is -2.23. The molecule has 0 spiro atoms. The van der Waals surface area contributed by atoms with Crippen molar-refractivity contribution in [1.29, 1.82) is 0 Å². The molecule has 1 aliphatic carbocycles. The number of aryl methyl sites for hydroxylation is 1. The fourth-order valence-electron chi connectivity index (χ4n) is 2.96. The molecule has 1 saturated carbocycles. The van der Waals surface area contributed by atoms with Crippen LogP contribution in [0.5, 0.6) is 5.75 Å². The van der Waals surface area contributed by atoms with Gasteiger partial charge in [0.05, 0.1) is 12.7 Å². The van der Waals surface area contributed by atoms with Gasteiger partial charge in [-0.3, -0.25) is 4.79 Å². The van der Waals surface area contributed by atoms with Crippen molar-refractivity contribution in [3.8, 4) is 5.75 Å². The van der Waals surface area contributed by atoms with Gasteiger partial charge in [0.1, 0.15) is 5.75 Å². The van der Waals surface area contributed by atoms with Crippen LogP contribution in [0.25, 0.3) is 0 Å². The SMILES string of the molecule is COc1cccc(CNC(=O)c2cc(C)n(C3CC3)c2C)c1. The van der Waals surface area contributed by atoms with Crippen molar-refractivity contribution < 1.29 is 9.53 Å². The van der Waals surface area contributed by atoms with E-state index in [9.17, 15) is 4.79 Å². The summed E-state index contributed by atoms with van der Waals surface area (Å²) in [6, 6.07) is 10.3. The summed E-state index contributed by atoms with van der Waals surface area (Å²) in [6.07, 6.45) is 2.45. The van der Waals surface area contributed by atoms with Gasteiger partial charge in [-0.05, 0) is 50.5 Å². The van der Waals surface area contributed by atoms with Crippen LogP contribution in [0, 0.1) is 13.8 Å². The van der Waals surface area contributed by atoms with Gasteiger partial charge in [-0.2, -0.15) is 0 Å². The first-order chi connectivity index (χ1) is 10.6. The first-order valence-electron chi connectivity index (χ1n) is 7.69. The molecular weight excluding hydrogens is 276 g/mol. The molecule has 1 fully saturated rings. The van der Waals surface area contributed by atoms with Crippen LogP contribution in [0.3, 0.4) is 0 Å². The zero-order valence-electron chi connectivity index (χ0n) is 13.3. The lowest BCUT2D eigenvalue weighted by Crippen LogP contribution is -2.23. The normalized spacial score (nSPS) is 14.0. The Bertz CT molecular complexity index is 699. The maximum Gasteiger partial charge on any atom is 0.253 e. The van der Waals surface area contributed by atoms with E-state index in [1.54, 1.807) is 7.11 Å². The van der Waals surface area contributed by atoms with Crippen LogP contribution in [0.2, 0.25) is 0 Å². The predicted molar refractivity (Wildman–Crippen MR) is 86.3 cm³/mol. The van der Waals surface area contributed by atoms with Crippen molar-refractivity contribution in [2.75, 3.05) is 7.11 Å². The molecule has 0 atom stereocenters. The van der Waals surface area contributed by atoms with Gasteiger partial charge in [-0.25, -0.2) is 0 Å². The van der Waals surface area contributed by atoms with Gasteiger partial charge in [0, 0.05) is 24.0 Å². The molecule has 0 unspecified atom stereocenters. The summed E-state index contributed by atoms with van der Waals surface area (Å²) in [5, 5.41) is 3.00. The Labute approximate surface area is 131 Å². The molecule has 0 saturated heterocycles. The smallest absolute Gasteiger partial charge is 0.253 e. The first kappa shape index (κ1) is 14.7. The number of carbonyl (C=O) groups excluding carboxylic acids is 1. The van der Waals surface area contributed by atoms with Gasteiger partial charge in [0.25, 0.3) is 5.91 Å². The van der Waals surface area contributed by atoms with E-state index >= 15 is 0 Å². The lowest BCUT2D eigenvalue weighted by molar-refractivity contribution is 0.0950. The third kappa shape index (κ3) is 2.86. The highest BCUT2D eigenvalue weighted by Crippen LogP contribution is 2.38. The molecule has 116 valence electrons.